The van der Waals surface area contributed by atoms with Gasteiger partial charge in [0.1, 0.15) is 0 Å². The van der Waals surface area contributed by atoms with Gasteiger partial charge in [-0.05, 0) is 95.8 Å². The van der Waals surface area contributed by atoms with Crippen LogP contribution in [0.5, 0.6) is 0 Å². The number of nitrogens with zero attached hydrogens (tertiary/aromatic N) is 1. The molecular formula is C24H46ClN3O4. The average molecular weight is 476 g/mol. The van der Waals surface area contributed by atoms with Crippen molar-refractivity contribution in [3.8, 4) is 0 Å². The van der Waals surface area contributed by atoms with Crippen LogP contribution in [-0.2, 0) is 19.2 Å². The zero-order valence-corrected chi connectivity index (χ0v) is 21.1. The molecule has 7 nitrogen and oxygen atoms in total. The lowest BCUT2D eigenvalue weighted by atomic mass is 9.57. The van der Waals surface area contributed by atoms with Crippen LogP contribution in [0.3, 0.4) is 0 Å². The van der Waals surface area contributed by atoms with Gasteiger partial charge in [-0.2, -0.15) is 0 Å². The summed E-state index contributed by atoms with van der Waals surface area (Å²) in [5, 5.41) is 0. The van der Waals surface area contributed by atoms with E-state index in [2.05, 4.69) is 18.7 Å². The van der Waals surface area contributed by atoms with Gasteiger partial charge in [-0.1, -0.05) is 13.8 Å². The molecule has 8 atom stereocenters. The molecule has 4 aliphatic heterocycles. The second-order valence-electron chi connectivity index (χ2n) is 10.7. The normalized spacial score (nSPS) is 42.9. The number of unbranched alkanes of at least 4 members (excludes halogenated alkanes) is 1. The summed E-state index contributed by atoms with van der Waals surface area (Å²) in [6.45, 7) is 11.4. The van der Waals surface area contributed by atoms with E-state index < -0.39 is 11.4 Å². The molecule has 0 aromatic rings. The molecule has 1 aliphatic carbocycles. The molecule has 0 unspecified atom stereocenters. The van der Waals surface area contributed by atoms with Crippen molar-refractivity contribution in [2.75, 3.05) is 32.7 Å². The maximum absolute atomic E-state index is 6.74. The Morgan fingerprint density at radius 3 is 2.41 bits per heavy atom. The number of hydrogen-bond acceptors (Lipinski definition) is 7. The Morgan fingerprint density at radius 2 is 1.66 bits per heavy atom. The Morgan fingerprint density at radius 1 is 0.906 bits per heavy atom. The number of ether oxygens (including phenoxy) is 2. The summed E-state index contributed by atoms with van der Waals surface area (Å²) in [6.07, 6.45) is 8.47. The van der Waals surface area contributed by atoms with Crippen LogP contribution in [0.1, 0.15) is 72.1 Å². The van der Waals surface area contributed by atoms with E-state index in [0.717, 1.165) is 77.7 Å². The van der Waals surface area contributed by atoms with Crippen molar-refractivity contribution in [2.24, 2.45) is 35.1 Å². The molecule has 0 aromatic heterocycles. The third-order valence-electron chi connectivity index (χ3n) is 8.63. The zero-order valence-electron chi connectivity index (χ0n) is 20.3. The molecular weight excluding hydrogens is 430 g/mol. The Balaban J connectivity index is 0.00000289. The van der Waals surface area contributed by atoms with Crippen molar-refractivity contribution in [3.63, 3.8) is 0 Å². The van der Waals surface area contributed by atoms with Crippen LogP contribution in [0.2, 0.25) is 0 Å². The first-order chi connectivity index (χ1) is 14.9. The van der Waals surface area contributed by atoms with Crippen molar-refractivity contribution >= 4 is 12.4 Å². The summed E-state index contributed by atoms with van der Waals surface area (Å²) in [4.78, 5) is 14.7. The lowest BCUT2D eigenvalue weighted by Crippen LogP contribution is -2.70. The number of fused-ring (bicyclic) bond motifs is 2. The van der Waals surface area contributed by atoms with Gasteiger partial charge in [0.05, 0.1) is 6.10 Å². The largest absolute Gasteiger partial charge is 0.346 e. The molecule has 1 spiro atoms. The van der Waals surface area contributed by atoms with Gasteiger partial charge in [0, 0.05) is 18.9 Å². The fourth-order valence-electron chi connectivity index (χ4n) is 6.75. The highest BCUT2D eigenvalue weighted by Gasteiger charge is 2.69. The molecule has 4 heterocycles. The van der Waals surface area contributed by atoms with Gasteiger partial charge in [-0.25, -0.2) is 9.78 Å². The van der Waals surface area contributed by atoms with Crippen LogP contribution in [-0.4, -0.2) is 61.4 Å². The minimum absolute atomic E-state index is 0. The van der Waals surface area contributed by atoms with E-state index in [1.807, 2.05) is 6.92 Å². The molecule has 0 amide bonds. The first kappa shape index (κ1) is 26.6. The highest BCUT2D eigenvalue weighted by atomic mass is 35.5. The molecule has 1 saturated carbocycles. The number of nitrogens with two attached hydrogens (primary N) is 2. The fourth-order valence-corrected chi connectivity index (χ4v) is 6.75. The number of rotatable bonds is 10. The van der Waals surface area contributed by atoms with Gasteiger partial charge in [-0.3, -0.25) is 0 Å². The van der Waals surface area contributed by atoms with Gasteiger partial charge < -0.3 is 25.8 Å². The molecule has 8 heteroatoms. The quantitative estimate of drug-likeness (QED) is 0.369. The van der Waals surface area contributed by atoms with Gasteiger partial charge >= 0.3 is 0 Å². The van der Waals surface area contributed by atoms with Crippen LogP contribution in [0.4, 0.5) is 0 Å². The highest BCUT2D eigenvalue weighted by molar-refractivity contribution is 5.85. The lowest BCUT2D eigenvalue weighted by Gasteiger charge is -2.60. The molecule has 2 bridgehead atoms. The molecule has 5 rings (SSSR count). The Labute approximate surface area is 200 Å². The molecule has 5 aliphatic rings. The van der Waals surface area contributed by atoms with E-state index in [1.165, 1.54) is 6.42 Å². The average Bonchev–Trinajstić information content (AvgIpc) is 2.99. The van der Waals surface area contributed by atoms with Crippen molar-refractivity contribution in [1.29, 1.82) is 0 Å². The second-order valence-corrected chi connectivity index (χ2v) is 10.7. The van der Waals surface area contributed by atoms with E-state index >= 15 is 0 Å². The Kier molecular flexibility index (Phi) is 9.29. The van der Waals surface area contributed by atoms with Crippen LogP contribution >= 0.6 is 12.4 Å². The number of hydrogen-bond donors (Lipinski definition) is 2. The van der Waals surface area contributed by atoms with Crippen molar-refractivity contribution in [3.05, 3.63) is 0 Å². The molecule has 188 valence electrons. The monoisotopic (exact) mass is 475 g/mol. The topological polar surface area (TPSA) is 92.2 Å². The summed E-state index contributed by atoms with van der Waals surface area (Å²) in [7, 11) is 0. The highest BCUT2D eigenvalue weighted by Crippen LogP contribution is 2.60. The molecule has 32 heavy (non-hydrogen) atoms. The maximum atomic E-state index is 6.74. The first-order valence-electron chi connectivity index (χ1n) is 12.8. The van der Waals surface area contributed by atoms with E-state index in [-0.39, 0.29) is 24.8 Å². The van der Waals surface area contributed by atoms with Crippen molar-refractivity contribution in [2.45, 2.75) is 95.9 Å². The van der Waals surface area contributed by atoms with E-state index in [0.29, 0.717) is 23.7 Å². The Bertz CT molecular complexity index is 602. The molecule has 0 aromatic carbocycles. The summed E-state index contributed by atoms with van der Waals surface area (Å²) in [6, 6.07) is 0. The smallest absolute Gasteiger partial charge is 0.201 e. The number of halogens is 1. The second kappa shape index (κ2) is 11.2. The summed E-state index contributed by atoms with van der Waals surface area (Å²) in [5.41, 5.74) is 11.0. The van der Waals surface area contributed by atoms with Crippen molar-refractivity contribution < 1.29 is 19.2 Å². The van der Waals surface area contributed by atoms with Gasteiger partial charge in [-0.15, -0.1) is 12.4 Å². The molecule has 0 radical (unpaired) electrons. The molecule has 4 saturated heterocycles. The third-order valence-corrected chi connectivity index (χ3v) is 8.63. The molecule has 5 fully saturated rings. The minimum atomic E-state index is -0.696. The third kappa shape index (κ3) is 5.01. The van der Waals surface area contributed by atoms with Gasteiger partial charge in [0.15, 0.2) is 11.9 Å². The SMILES string of the molecule is C[C@H]1[C@@H](CCN(CCCN)CCCCN)O[C@@H]2O[C@@]3(C)CC[C@H]4[C@H](C)CC[C@@H]1[C@@]24OO3.Cl. The summed E-state index contributed by atoms with van der Waals surface area (Å²) < 4.78 is 13.2. The van der Waals surface area contributed by atoms with Crippen LogP contribution < -0.4 is 11.5 Å². The van der Waals surface area contributed by atoms with E-state index in [1.54, 1.807) is 0 Å². The molecule has 4 N–H and O–H groups in total. The minimum Gasteiger partial charge on any atom is -0.346 e. The standard InChI is InChI=1S/C24H45N3O4.ClH/c1-17-7-8-20-18(2)21(10-16-27(15-6-13-26)14-5-4-12-25)28-22-24(20)19(17)9-11-23(3,29-22)30-31-24;/h17-22H,4-16,25-26H2,1-3H3;1H/t17-,18-,19+,20+,21-,22-,23-,24-;/m1./s1. The van der Waals surface area contributed by atoms with Crippen molar-refractivity contribution in [1.82, 2.24) is 4.90 Å². The van der Waals surface area contributed by atoms with Crippen LogP contribution in [0.25, 0.3) is 0 Å². The summed E-state index contributed by atoms with van der Waals surface area (Å²) >= 11 is 0. The Hall–Kier alpha value is 0.01000. The zero-order chi connectivity index (χ0) is 22.1. The van der Waals surface area contributed by atoms with Gasteiger partial charge in [0.25, 0.3) is 0 Å². The van der Waals surface area contributed by atoms with Crippen LogP contribution in [0.15, 0.2) is 0 Å². The maximum Gasteiger partial charge on any atom is 0.201 e. The predicted molar refractivity (Wildman–Crippen MR) is 127 cm³/mol. The fraction of sp³-hybridized carbons (Fsp3) is 1.00. The van der Waals surface area contributed by atoms with Gasteiger partial charge in [0.2, 0.25) is 5.79 Å². The first-order valence-corrected chi connectivity index (χ1v) is 12.8. The van der Waals surface area contributed by atoms with Crippen LogP contribution in [0, 0.1) is 23.7 Å². The lowest BCUT2D eigenvalue weighted by molar-refractivity contribution is -0.571. The predicted octanol–water partition coefficient (Wildman–Crippen LogP) is 3.44. The summed E-state index contributed by atoms with van der Waals surface area (Å²) in [5.74, 6) is 1.17. The van der Waals surface area contributed by atoms with E-state index in [4.69, 9.17) is 30.7 Å². The van der Waals surface area contributed by atoms with E-state index in [9.17, 15) is 0 Å².